The molecule has 6 nitrogen and oxygen atoms in total. The number of rotatable bonds is 5. The molecule has 1 rings (SSSR count). The van der Waals surface area contributed by atoms with E-state index >= 15 is 0 Å². The lowest BCUT2D eigenvalue weighted by Crippen LogP contribution is -2.52. The van der Waals surface area contributed by atoms with E-state index in [2.05, 4.69) is 5.32 Å². The standard InChI is InChI=1S/C13H17NO5/c1-3-7-13(2,12(18)19)14-11(17)10-8(15)5-4-6-9(10)16/h4-6,15-16H,3,7H2,1-2H3,(H,14,17)(H,18,19). The van der Waals surface area contributed by atoms with Crippen LogP contribution in [0, 0.1) is 0 Å². The molecule has 0 aliphatic carbocycles. The maximum absolute atomic E-state index is 12.0. The summed E-state index contributed by atoms with van der Waals surface area (Å²) in [5.74, 6) is -2.80. The lowest BCUT2D eigenvalue weighted by molar-refractivity contribution is -0.144. The first-order valence-electron chi connectivity index (χ1n) is 5.88. The van der Waals surface area contributed by atoms with Crippen molar-refractivity contribution in [3.05, 3.63) is 23.8 Å². The van der Waals surface area contributed by atoms with Gasteiger partial charge in [-0.2, -0.15) is 0 Å². The van der Waals surface area contributed by atoms with Gasteiger partial charge in [0.1, 0.15) is 22.6 Å². The third-order valence-corrected chi connectivity index (χ3v) is 2.86. The van der Waals surface area contributed by atoms with Crippen LogP contribution in [0.15, 0.2) is 18.2 Å². The van der Waals surface area contributed by atoms with Crippen molar-refractivity contribution in [2.45, 2.75) is 32.2 Å². The van der Waals surface area contributed by atoms with Crippen LogP contribution in [0.5, 0.6) is 11.5 Å². The van der Waals surface area contributed by atoms with E-state index in [9.17, 15) is 19.8 Å². The molecule has 0 heterocycles. The molecule has 0 aromatic heterocycles. The number of hydrogen-bond donors (Lipinski definition) is 4. The monoisotopic (exact) mass is 267 g/mol. The van der Waals surface area contributed by atoms with Crippen molar-refractivity contribution in [1.82, 2.24) is 5.32 Å². The molecule has 1 aromatic rings. The Labute approximate surface area is 110 Å². The van der Waals surface area contributed by atoms with Crippen LogP contribution in [0.25, 0.3) is 0 Å². The average Bonchev–Trinajstić information content (AvgIpc) is 2.28. The van der Waals surface area contributed by atoms with Crippen LogP contribution in [0.2, 0.25) is 0 Å². The summed E-state index contributed by atoms with van der Waals surface area (Å²) in [6, 6.07) is 3.86. The van der Waals surface area contributed by atoms with Crippen molar-refractivity contribution in [1.29, 1.82) is 0 Å². The minimum absolute atomic E-state index is 0.239. The number of phenolic OH excluding ortho intramolecular Hbond substituents is 2. The predicted octanol–water partition coefficient (Wildman–Crippen LogP) is 1.47. The molecular weight excluding hydrogens is 250 g/mol. The van der Waals surface area contributed by atoms with Crippen LogP contribution in [-0.4, -0.2) is 32.7 Å². The molecule has 0 spiro atoms. The van der Waals surface area contributed by atoms with Gasteiger partial charge in [-0.3, -0.25) is 4.79 Å². The van der Waals surface area contributed by atoms with Gasteiger partial charge >= 0.3 is 5.97 Å². The molecule has 1 unspecified atom stereocenters. The average molecular weight is 267 g/mol. The van der Waals surface area contributed by atoms with Crippen molar-refractivity contribution < 1.29 is 24.9 Å². The smallest absolute Gasteiger partial charge is 0.329 e. The second-order valence-corrected chi connectivity index (χ2v) is 4.51. The van der Waals surface area contributed by atoms with Gasteiger partial charge in [0.25, 0.3) is 5.91 Å². The lowest BCUT2D eigenvalue weighted by Gasteiger charge is -2.26. The van der Waals surface area contributed by atoms with Gasteiger partial charge < -0.3 is 20.6 Å². The molecule has 0 radical (unpaired) electrons. The molecule has 1 aromatic carbocycles. The van der Waals surface area contributed by atoms with E-state index in [-0.39, 0.29) is 12.0 Å². The minimum Gasteiger partial charge on any atom is -0.507 e. The van der Waals surface area contributed by atoms with Crippen LogP contribution < -0.4 is 5.32 Å². The number of hydrogen-bond acceptors (Lipinski definition) is 4. The van der Waals surface area contributed by atoms with Gasteiger partial charge in [0.15, 0.2) is 0 Å². The quantitative estimate of drug-likeness (QED) is 0.646. The van der Waals surface area contributed by atoms with Crippen molar-refractivity contribution in [2.24, 2.45) is 0 Å². The first-order valence-corrected chi connectivity index (χ1v) is 5.88. The maximum Gasteiger partial charge on any atom is 0.329 e. The van der Waals surface area contributed by atoms with E-state index in [1.165, 1.54) is 25.1 Å². The van der Waals surface area contributed by atoms with Gasteiger partial charge in [-0.25, -0.2) is 4.79 Å². The molecule has 0 saturated heterocycles. The molecule has 6 heteroatoms. The third kappa shape index (κ3) is 3.15. The van der Waals surface area contributed by atoms with Gasteiger partial charge in [-0.05, 0) is 25.5 Å². The molecule has 0 aliphatic rings. The van der Waals surface area contributed by atoms with Crippen LogP contribution in [0.4, 0.5) is 0 Å². The molecule has 4 N–H and O–H groups in total. The number of amides is 1. The Kier molecular flexibility index (Phi) is 4.37. The zero-order chi connectivity index (χ0) is 14.6. The van der Waals surface area contributed by atoms with Gasteiger partial charge in [0.2, 0.25) is 0 Å². The number of carbonyl (C=O) groups is 2. The Balaban J connectivity index is 3.04. The Morgan fingerprint density at radius 1 is 1.26 bits per heavy atom. The highest BCUT2D eigenvalue weighted by Crippen LogP contribution is 2.27. The van der Waals surface area contributed by atoms with Crippen molar-refractivity contribution in [3.8, 4) is 11.5 Å². The largest absolute Gasteiger partial charge is 0.507 e. The number of carboxylic acid groups (broad SMARTS) is 1. The first-order chi connectivity index (χ1) is 8.81. The molecule has 0 bridgehead atoms. The second-order valence-electron chi connectivity index (χ2n) is 4.51. The highest BCUT2D eigenvalue weighted by atomic mass is 16.4. The summed E-state index contributed by atoms with van der Waals surface area (Å²) in [5.41, 5.74) is -1.77. The van der Waals surface area contributed by atoms with Gasteiger partial charge in [-0.15, -0.1) is 0 Å². The highest BCUT2D eigenvalue weighted by molar-refractivity contribution is 6.01. The predicted molar refractivity (Wildman–Crippen MR) is 68.2 cm³/mol. The molecule has 0 aliphatic heterocycles. The second kappa shape index (κ2) is 5.60. The van der Waals surface area contributed by atoms with E-state index in [1.54, 1.807) is 6.92 Å². The highest BCUT2D eigenvalue weighted by Gasteiger charge is 2.35. The van der Waals surface area contributed by atoms with Gasteiger partial charge in [-0.1, -0.05) is 19.4 Å². The van der Waals surface area contributed by atoms with E-state index < -0.39 is 28.9 Å². The molecule has 104 valence electrons. The number of phenols is 2. The fourth-order valence-electron chi connectivity index (χ4n) is 1.80. The van der Waals surface area contributed by atoms with Crippen molar-refractivity contribution in [2.75, 3.05) is 0 Å². The van der Waals surface area contributed by atoms with Gasteiger partial charge in [0.05, 0.1) is 0 Å². The zero-order valence-corrected chi connectivity index (χ0v) is 10.8. The van der Waals surface area contributed by atoms with Gasteiger partial charge in [0, 0.05) is 0 Å². The number of benzene rings is 1. The van der Waals surface area contributed by atoms with Crippen LogP contribution in [0.3, 0.4) is 0 Å². The maximum atomic E-state index is 12.0. The summed E-state index contributed by atoms with van der Waals surface area (Å²) in [4.78, 5) is 23.2. The Hall–Kier alpha value is -2.24. The van der Waals surface area contributed by atoms with E-state index in [1.807, 2.05) is 0 Å². The third-order valence-electron chi connectivity index (χ3n) is 2.86. The van der Waals surface area contributed by atoms with Crippen LogP contribution in [-0.2, 0) is 4.79 Å². The molecular formula is C13H17NO5. The SMILES string of the molecule is CCCC(C)(NC(=O)c1c(O)cccc1O)C(=O)O. The Morgan fingerprint density at radius 3 is 2.21 bits per heavy atom. The molecule has 19 heavy (non-hydrogen) atoms. The van der Waals surface area contributed by atoms with Crippen LogP contribution >= 0.6 is 0 Å². The van der Waals surface area contributed by atoms with E-state index in [0.29, 0.717) is 6.42 Å². The molecule has 1 atom stereocenters. The number of carbonyl (C=O) groups excluding carboxylic acids is 1. The van der Waals surface area contributed by atoms with Crippen LogP contribution in [0.1, 0.15) is 37.0 Å². The fraction of sp³-hybridized carbons (Fsp3) is 0.385. The summed E-state index contributed by atoms with van der Waals surface area (Å²) in [7, 11) is 0. The first kappa shape index (κ1) is 14.8. The number of aliphatic carboxylic acids is 1. The van der Waals surface area contributed by atoms with E-state index in [0.717, 1.165) is 0 Å². The molecule has 1 amide bonds. The topological polar surface area (TPSA) is 107 Å². The minimum atomic E-state index is -1.44. The van der Waals surface area contributed by atoms with E-state index in [4.69, 9.17) is 5.11 Å². The summed E-state index contributed by atoms with van der Waals surface area (Å²) in [5, 5.41) is 30.6. The molecule has 0 fully saturated rings. The number of nitrogens with one attached hydrogen (secondary N) is 1. The molecule has 0 saturated carbocycles. The number of aromatic hydroxyl groups is 2. The van der Waals surface area contributed by atoms with Crippen molar-refractivity contribution >= 4 is 11.9 Å². The van der Waals surface area contributed by atoms with Crippen molar-refractivity contribution in [3.63, 3.8) is 0 Å². The zero-order valence-electron chi connectivity index (χ0n) is 10.8. The number of carboxylic acids is 1. The Morgan fingerprint density at radius 2 is 1.79 bits per heavy atom. The summed E-state index contributed by atoms with van der Waals surface area (Å²) in [6.07, 6.45) is 0.804. The normalized spacial score (nSPS) is 13.6. The summed E-state index contributed by atoms with van der Waals surface area (Å²) in [6.45, 7) is 3.18. The fourth-order valence-corrected chi connectivity index (χ4v) is 1.80. The Bertz CT molecular complexity index is 480. The summed E-state index contributed by atoms with van der Waals surface area (Å²) >= 11 is 0. The summed E-state index contributed by atoms with van der Waals surface area (Å²) < 4.78 is 0. The lowest BCUT2D eigenvalue weighted by atomic mass is 9.95.